The summed E-state index contributed by atoms with van der Waals surface area (Å²) in [6.45, 7) is 3.21. The summed E-state index contributed by atoms with van der Waals surface area (Å²) in [4.78, 5) is 12.7. The van der Waals surface area contributed by atoms with Crippen LogP contribution in [0.15, 0.2) is 83.3 Å². The fourth-order valence-corrected chi connectivity index (χ4v) is 3.57. The zero-order chi connectivity index (χ0) is 21.6. The Morgan fingerprint density at radius 2 is 1.68 bits per heavy atom. The van der Waals surface area contributed by atoms with Crippen LogP contribution in [-0.2, 0) is 13.1 Å². The summed E-state index contributed by atoms with van der Waals surface area (Å²) in [7, 11) is 1.60. The molecule has 4 rings (SSSR count). The number of furan rings is 1. The molecule has 3 aromatic carbocycles. The van der Waals surface area contributed by atoms with Crippen molar-refractivity contribution >= 4 is 16.9 Å². The lowest BCUT2D eigenvalue weighted by atomic mass is 10.1. The van der Waals surface area contributed by atoms with Gasteiger partial charge in [0.2, 0.25) is 0 Å². The smallest absolute Gasteiger partial charge is 0.287 e. The molecule has 1 unspecified atom stereocenters. The molecule has 1 atom stereocenters. The molecular weight excluding hydrogens is 388 g/mol. The molecule has 4 aromatic rings. The first kappa shape index (κ1) is 20.7. The molecule has 0 aliphatic heterocycles. The Balaban J connectivity index is 1.53. The second-order valence-corrected chi connectivity index (χ2v) is 7.46. The largest absolute Gasteiger partial charge is 0.493 e. The van der Waals surface area contributed by atoms with Crippen molar-refractivity contribution in [2.75, 3.05) is 7.11 Å². The van der Waals surface area contributed by atoms with Crippen LogP contribution in [0.1, 0.15) is 40.2 Å². The standard InChI is InChI=1S/C26H26N2O3/c1-18(20-11-7-4-8-12-20)27-17-21-13-14-23(30-2)25-22(21)15-24(31-25)26(29)28-16-19-9-5-3-6-10-19/h3-15,18,27H,16-17H2,1-2H3,(H,28,29). The predicted molar refractivity (Wildman–Crippen MR) is 122 cm³/mol. The van der Waals surface area contributed by atoms with Crippen molar-refractivity contribution < 1.29 is 13.9 Å². The Labute approximate surface area is 182 Å². The van der Waals surface area contributed by atoms with Gasteiger partial charge >= 0.3 is 0 Å². The summed E-state index contributed by atoms with van der Waals surface area (Å²) in [5.41, 5.74) is 3.88. The molecule has 0 fully saturated rings. The second-order valence-electron chi connectivity index (χ2n) is 7.46. The molecule has 158 valence electrons. The first-order valence-electron chi connectivity index (χ1n) is 10.4. The van der Waals surface area contributed by atoms with Crippen LogP contribution in [0.3, 0.4) is 0 Å². The van der Waals surface area contributed by atoms with E-state index in [0.29, 0.717) is 24.4 Å². The molecular formula is C26H26N2O3. The van der Waals surface area contributed by atoms with Crippen LogP contribution < -0.4 is 15.4 Å². The Morgan fingerprint density at radius 1 is 0.968 bits per heavy atom. The maximum absolute atomic E-state index is 12.7. The maximum atomic E-state index is 12.7. The van der Waals surface area contributed by atoms with E-state index in [1.165, 1.54) is 5.56 Å². The van der Waals surface area contributed by atoms with Crippen molar-refractivity contribution in [3.63, 3.8) is 0 Å². The van der Waals surface area contributed by atoms with Gasteiger partial charge in [-0.2, -0.15) is 0 Å². The van der Waals surface area contributed by atoms with E-state index < -0.39 is 0 Å². The van der Waals surface area contributed by atoms with Gasteiger partial charge in [0.15, 0.2) is 17.1 Å². The summed E-state index contributed by atoms with van der Waals surface area (Å²) in [5.74, 6) is 0.628. The highest BCUT2D eigenvalue weighted by Crippen LogP contribution is 2.32. The molecule has 5 nitrogen and oxygen atoms in total. The van der Waals surface area contributed by atoms with Crippen molar-refractivity contribution in [2.45, 2.75) is 26.1 Å². The van der Waals surface area contributed by atoms with E-state index in [1.807, 2.05) is 60.7 Å². The molecule has 0 spiro atoms. The fourth-order valence-electron chi connectivity index (χ4n) is 3.57. The Bertz CT molecular complexity index is 1150. The fraction of sp³-hybridized carbons (Fsp3) is 0.192. The SMILES string of the molecule is COc1ccc(CNC(C)c2ccccc2)c2cc(C(=O)NCc3ccccc3)oc12. The highest BCUT2D eigenvalue weighted by atomic mass is 16.5. The van der Waals surface area contributed by atoms with Crippen molar-refractivity contribution in [3.05, 3.63) is 101 Å². The van der Waals surface area contributed by atoms with Crippen molar-refractivity contribution in [3.8, 4) is 5.75 Å². The van der Waals surface area contributed by atoms with Gasteiger partial charge in [0.05, 0.1) is 7.11 Å². The third-order valence-electron chi connectivity index (χ3n) is 5.38. The number of benzene rings is 3. The number of methoxy groups -OCH3 is 1. The van der Waals surface area contributed by atoms with Crippen LogP contribution in [0, 0.1) is 0 Å². The zero-order valence-electron chi connectivity index (χ0n) is 17.7. The third kappa shape index (κ3) is 4.78. The third-order valence-corrected chi connectivity index (χ3v) is 5.38. The number of carbonyl (C=O) groups excluding carboxylic acids is 1. The summed E-state index contributed by atoms with van der Waals surface area (Å²) < 4.78 is 11.4. The molecule has 0 aliphatic rings. The highest BCUT2D eigenvalue weighted by molar-refractivity contribution is 5.98. The summed E-state index contributed by atoms with van der Waals surface area (Å²) in [6, 6.07) is 26.0. The number of nitrogens with one attached hydrogen (secondary N) is 2. The van der Waals surface area contributed by atoms with Crippen LogP contribution in [0.5, 0.6) is 5.75 Å². The van der Waals surface area contributed by atoms with Gasteiger partial charge in [-0.25, -0.2) is 0 Å². The van der Waals surface area contributed by atoms with Crippen LogP contribution in [0.4, 0.5) is 0 Å². The van der Waals surface area contributed by atoms with Gasteiger partial charge in [0.25, 0.3) is 5.91 Å². The highest BCUT2D eigenvalue weighted by Gasteiger charge is 2.18. The first-order chi connectivity index (χ1) is 15.2. The number of hydrogen-bond acceptors (Lipinski definition) is 4. The van der Waals surface area contributed by atoms with Gasteiger partial charge in [-0.1, -0.05) is 66.7 Å². The van der Waals surface area contributed by atoms with E-state index in [2.05, 4.69) is 29.7 Å². The monoisotopic (exact) mass is 414 g/mol. The summed E-state index contributed by atoms with van der Waals surface area (Å²) >= 11 is 0. The molecule has 0 radical (unpaired) electrons. The lowest BCUT2D eigenvalue weighted by Gasteiger charge is -2.15. The topological polar surface area (TPSA) is 63.5 Å². The van der Waals surface area contributed by atoms with Crippen molar-refractivity contribution in [1.82, 2.24) is 10.6 Å². The lowest BCUT2D eigenvalue weighted by Crippen LogP contribution is -2.22. The minimum Gasteiger partial charge on any atom is -0.493 e. The number of hydrogen-bond donors (Lipinski definition) is 2. The van der Waals surface area contributed by atoms with Gasteiger partial charge in [-0.3, -0.25) is 4.79 Å². The van der Waals surface area contributed by atoms with Crippen LogP contribution >= 0.6 is 0 Å². The minimum atomic E-state index is -0.251. The molecule has 5 heteroatoms. The molecule has 0 saturated heterocycles. The second kappa shape index (κ2) is 9.49. The van der Waals surface area contributed by atoms with E-state index in [9.17, 15) is 4.79 Å². The minimum absolute atomic E-state index is 0.193. The molecule has 0 aliphatic carbocycles. The zero-order valence-corrected chi connectivity index (χ0v) is 17.7. The predicted octanol–water partition coefficient (Wildman–Crippen LogP) is 5.22. The molecule has 1 aromatic heterocycles. The van der Waals surface area contributed by atoms with Crippen molar-refractivity contribution in [2.24, 2.45) is 0 Å². The van der Waals surface area contributed by atoms with Crippen LogP contribution in [0.25, 0.3) is 11.0 Å². The molecule has 1 heterocycles. The number of amides is 1. The molecule has 2 N–H and O–H groups in total. The average molecular weight is 415 g/mol. The summed E-state index contributed by atoms with van der Waals surface area (Å²) in [6.07, 6.45) is 0. The maximum Gasteiger partial charge on any atom is 0.287 e. The lowest BCUT2D eigenvalue weighted by molar-refractivity contribution is 0.0925. The van der Waals surface area contributed by atoms with Gasteiger partial charge < -0.3 is 19.8 Å². The number of ether oxygens (including phenoxy) is 1. The van der Waals surface area contributed by atoms with Gasteiger partial charge in [-0.15, -0.1) is 0 Å². The first-order valence-corrected chi connectivity index (χ1v) is 10.4. The number of rotatable bonds is 8. The van der Waals surface area contributed by atoms with E-state index in [4.69, 9.17) is 9.15 Å². The van der Waals surface area contributed by atoms with Gasteiger partial charge in [0.1, 0.15) is 0 Å². The quantitative estimate of drug-likeness (QED) is 0.415. The number of fused-ring (bicyclic) bond motifs is 1. The Kier molecular flexibility index (Phi) is 6.34. The average Bonchev–Trinajstić information content (AvgIpc) is 3.28. The normalized spacial score (nSPS) is 11.9. The number of carbonyl (C=O) groups is 1. The van der Waals surface area contributed by atoms with Gasteiger partial charge in [0, 0.05) is 24.5 Å². The molecule has 0 bridgehead atoms. The Hall–Kier alpha value is -3.57. The molecule has 31 heavy (non-hydrogen) atoms. The van der Waals surface area contributed by atoms with Gasteiger partial charge in [-0.05, 0) is 35.7 Å². The molecule has 1 amide bonds. The van der Waals surface area contributed by atoms with E-state index in [0.717, 1.165) is 16.5 Å². The molecule has 0 saturated carbocycles. The Morgan fingerprint density at radius 3 is 2.39 bits per heavy atom. The van der Waals surface area contributed by atoms with E-state index in [1.54, 1.807) is 13.2 Å². The van der Waals surface area contributed by atoms with E-state index in [-0.39, 0.29) is 17.7 Å². The van der Waals surface area contributed by atoms with Crippen LogP contribution in [-0.4, -0.2) is 13.0 Å². The summed E-state index contributed by atoms with van der Waals surface area (Å²) in [5, 5.41) is 7.33. The van der Waals surface area contributed by atoms with E-state index >= 15 is 0 Å². The van der Waals surface area contributed by atoms with Crippen LogP contribution in [0.2, 0.25) is 0 Å². The van der Waals surface area contributed by atoms with Crippen molar-refractivity contribution in [1.29, 1.82) is 0 Å².